The lowest BCUT2D eigenvalue weighted by Crippen LogP contribution is -2.52. The number of fused-ring (bicyclic) bond motifs is 3. The van der Waals surface area contributed by atoms with Crippen LogP contribution in [-0.4, -0.2) is 10.9 Å². The Labute approximate surface area is 121 Å². The van der Waals surface area contributed by atoms with Crippen molar-refractivity contribution in [3.63, 3.8) is 0 Å². The molecule has 0 aliphatic heterocycles. The average Bonchev–Trinajstić information content (AvgIpc) is 2.37. The Morgan fingerprint density at radius 3 is 2.60 bits per heavy atom. The van der Waals surface area contributed by atoms with E-state index < -0.39 is 0 Å². The van der Waals surface area contributed by atoms with Crippen LogP contribution in [-0.2, 0) is 16.6 Å². The first kappa shape index (κ1) is 13.7. The fourth-order valence-corrected chi connectivity index (χ4v) is 4.66. The molecule has 108 valence electrons. The molecule has 2 aliphatic carbocycles. The van der Waals surface area contributed by atoms with Gasteiger partial charge in [-0.15, -0.1) is 0 Å². The molecule has 1 N–H and O–H groups in total. The molecule has 0 heterocycles. The van der Waals surface area contributed by atoms with Gasteiger partial charge in [0.1, 0.15) is 11.5 Å². The zero-order valence-electron chi connectivity index (χ0n) is 12.9. The Hall–Kier alpha value is -1.31. The number of ketones is 1. The maximum atomic E-state index is 12.3. The molecule has 20 heavy (non-hydrogen) atoms. The largest absolute Gasteiger partial charge is 0.508 e. The van der Waals surface area contributed by atoms with Crippen LogP contribution in [0.1, 0.15) is 56.7 Å². The summed E-state index contributed by atoms with van der Waals surface area (Å²) in [6.45, 7) is 8.46. The standard InChI is InChI=1S/C18H24O2/c1-11-9-12-5-6-15-17(2,3)16(20)7-8-18(15,4)13(12)10-14(11)19/h9-10,15,19H,5-8H2,1-4H3. The third-order valence-corrected chi connectivity index (χ3v) is 5.97. The minimum Gasteiger partial charge on any atom is -0.508 e. The van der Waals surface area contributed by atoms with E-state index in [-0.39, 0.29) is 10.8 Å². The second kappa shape index (κ2) is 4.09. The van der Waals surface area contributed by atoms with E-state index in [1.54, 1.807) is 0 Å². The number of aromatic hydroxyl groups is 1. The highest BCUT2D eigenvalue weighted by molar-refractivity contribution is 5.86. The number of carbonyl (C=O) groups excluding carboxylic acids is 1. The number of carbonyl (C=O) groups is 1. The van der Waals surface area contributed by atoms with Crippen LogP contribution in [0.4, 0.5) is 0 Å². The fourth-order valence-electron chi connectivity index (χ4n) is 4.66. The van der Waals surface area contributed by atoms with E-state index in [0.29, 0.717) is 23.9 Å². The SMILES string of the molecule is Cc1cc2c(cc1O)C1(C)CCC(=O)C(C)(C)C1CC2. The summed E-state index contributed by atoms with van der Waals surface area (Å²) < 4.78 is 0. The zero-order chi connectivity index (χ0) is 14.7. The third kappa shape index (κ3) is 1.66. The summed E-state index contributed by atoms with van der Waals surface area (Å²) in [5.41, 5.74) is 3.38. The molecule has 0 radical (unpaired) electrons. The molecule has 2 atom stereocenters. The molecule has 1 saturated carbocycles. The number of phenolic OH excluding ortho intramolecular Hbond substituents is 1. The van der Waals surface area contributed by atoms with E-state index >= 15 is 0 Å². The van der Waals surface area contributed by atoms with Gasteiger partial charge in [0.25, 0.3) is 0 Å². The predicted octanol–water partition coefficient (Wildman–Crippen LogP) is 3.91. The predicted molar refractivity (Wildman–Crippen MR) is 80.0 cm³/mol. The van der Waals surface area contributed by atoms with Crippen LogP contribution in [0.5, 0.6) is 5.75 Å². The molecule has 0 saturated heterocycles. The van der Waals surface area contributed by atoms with Gasteiger partial charge in [0.05, 0.1) is 0 Å². The van der Waals surface area contributed by atoms with Crippen molar-refractivity contribution in [3.05, 3.63) is 28.8 Å². The minimum absolute atomic E-state index is 0.0240. The molecule has 2 heteroatoms. The van der Waals surface area contributed by atoms with Gasteiger partial charge >= 0.3 is 0 Å². The van der Waals surface area contributed by atoms with Crippen LogP contribution >= 0.6 is 0 Å². The van der Waals surface area contributed by atoms with Crippen LogP contribution < -0.4 is 0 Å². The Bertz CT molecular complexity index is 585. The molecule has 1 fully saturated rings. The Morgan fingerprint density at radius 2 is 1.90 bits per heavy atom. The van der Waals surface area contributed by atoms with Gasteiger partial charge in [-0.1, -0.05) is 26.8 Å². The Kier molecular flexibility index (Phi) is 2.80. The highest BCUT2D eigenvalue weighted by atomic mass is 16.3. The summed E-state index contributed by atoms with van der Waals surface area (Å²) in [7, 11) is 0. The van der Waals surface area contributed by atoms with Crippen LogP contribution in [0.15, 0.2) is 12.1 Å². The van der Waals surface area contributed by atoms with Crippen LogP contribution in [0, 0.1) is 18.3 Å². The van der Waals surface area contributed by atoms with Crippen molar-refractivity contribution < 1.29 is 9.90 Å². The van der Waals surface area contributed by atoms with Crippen LogP contribution in [0.25, 0.3) is 0 Å². The van der Waals surface area contributed by atoms with E-state index in [1.807, 2.05) is 13.0 Å². The van der Waals surface area contributed by atoms with E-state index in [4.69, 9.17) is 0 Å². The quantitative estimate of drug-likeness (QED) is 0.777. The number of phenols is 1. The number of Topliss-reactive ketones (excluding diaryl/α,β-unsaturated/α-hetero) is 1. The monoisotopic (exact) mass is 272 g/mol. The van der Waals surface area contributed by atoms with E-state index in [2.05, 4.69) is 26.8 Å². The van der Waals surface area contributed by atoms with Gasteiger partial charge in [-0.3, -0.25) is 4.79 Å². The molecule has 0 bridgehead atoms. The number of hydrogen-bond donors (Lipinski definition) is 1. The van der Waals surface area contributed by atoms with Gasteiger partial charge in [0.2, 0.25) is 0 Å². The number of benzene rings is 1. The highest BCUT2D eigenvalue weighted by Gasteiger charge is 2.53. The van der Waals surface area contributed by atoms with E-state index in [1.165, 1.54) is 11.1 Å². The summed E-state index contributed by atoms with van der Waals surface area (Å²) in [5, 5.41) is 10.1. The first-order chi connectivity index (χ1) is 9.26. The van der Waals surface area contributed by atoms with Gasteiger partial charge in [0.15, 0.2) is 0 Å². The lowest BCUT2D eigenvalue weighted by Gasteiger charge is -2.53. The topological polar surface area (TPSA) is 37.3 Å². The summed E-state index contributed by atoms with van der Waals surface area (Å²) >= 11 is 0. The van der Waals surface area contributed by atoms with Crippen molar-refractivity contribution in [1.82, 2.24) is 0 Å². The molecule has 2 nitrogen and oxygen atoms in total. The molecule has 1 aromatic carbocycles. The molecule has 2 unspecified atom stereocenters. The van der Waals surface area contributed by atoms with Gasteiger partial charge in [-0.2, -0.15) is 0 Å². The fraction of sp³-hybridized carbons (Fsp3) is 0.611. The third-order valence-electron chi connectivity index (χ3n) is 5.97. The molecule has 1 aromatic rings. The molecule has 2 aliphatic rings. The van der Waals surface area contributed by atoms with Crippen molar-refractivity contribution in [2.75, 3.05) is 0 Å². The van der Waals surface area contributed by atoms with Gasteiger partial charge in [-0.25, -0.2) is 0 Å². The van der Waals surface area contributed by atoms with Crippen molar-refractivity contribution in [2.45, 2.75) is 58.8 Å². The molecular weight excluding hydrogens is 248 g/mol. The Morgan fingerprint density at radius 1 is 1.20 bits per heavy atom. The average molecular weight is 272 g/mol. The van der Waals surface area contributed by atoms with Crippen molar-refractivity contribution in [1.29, 1.82) is 0 Å². The first-order valence-electron chi connectivity index (χ1n) is 7.63. The summed E-state index contributed by atoms with van der Waals surface area (Å²) in [6.07, 6.45) is 3.67. The Balaban J connectivity index is 2.16. The molecule has 0 spiro atoms. The molecule has 3 rings (SSSR count). The molecular formula is C18H24O2. The van der Waals surface area contributed by atoms with Crippen molar-refractivity contribution >= 4 is 5.78 Å². The summed E-state index contributed by atoms with van der Waals surface area (Å²) in [4.78, 5) is 12.3. The van der Waals surface area contributed by atoms with Crippen LogP contribution in [0.2, 0.25) is 0 Å². The second-order valence-corrected chi connectivity index (χ2v) is 7.45. The molecule has 0 aromatic heterocycles. The minimum atomic E-state index is -0.245. The molecule has 0 amide bonds. The van der Waals surface area contributed by atoms with Gasteiger partial charge in [-0.05, 0) is 60.3 Å². The highest BCUT2D eigenvalue weighted by Crippen LogP contribution is 2.56. The van der Waals surface area contributed by atoms with E-state index in [0.717, 1.165) is 24.8 Å². The lowest BCUT2D eigenvalue weighted by atomic mass is 9.50. The van der Waals surface area contributed by atoms with Crippen molar-refractivity contribution in [3.8, 4) is 5.75 Å². The second-order valence-electron chi connectivity index (χ2n) is 7.45. The number of hydrogen-bond acceptors (Lipinski definition) is 2. The van der Waals surface area contributed by atoms with Gasteiger partial charge < -0.3 is 5.11 Å². The number of rotatable bonds is 0. The first-order valence-corrected chi connectivity index (χ1v) is 7.63. The maximum Gasteiger partial charge on any atom is 0.138 e. The number of aryl methyl sites for hydroxylation is 2. The van der Waals surface area contributed by atoms with E-state index in [9.17, 15) is 9.90 Å². The normalized spacial score (nSPS) is 31.6. The van der Waals surface area contributed by atoms with Crippen molar-refractivity contribution in [2.24, 2.45) is 11.3 Å². The zero-order valence-corrected chi connectivity index (χ0v) is 12.9. The van der Waals surface area contributed by atoms with Crippen LogP contribution in [0.3, 0.4) is 0 Å². The maximum absolute atomic E-state index is 12.3. The lowest BCUT2D eigenvalue weighted by molar-refractivity contribution is -0.137. The summed E-state index contributed by atoms with van der Waals surface area (Å²) in [5.74, 6) is 1.17. The smallest absolute Gasteiger partial charge is 0.138 e. The summed E-state index contributed by atoms with van der Waals surface area (Å²) in [6, 6.07) is 4.10. The van der Waals surface area contributed by atoms with Gasteiger partial charge in [0, 0.05) is 11.8 Å².